The van der Waals surface area contributed by atoms with Crippen molar-refractivity contribution >= 4 is 34.5 Å². The number of carbonyl (C=O) groups excluding carboxylic acids is 1. The number of fused-ring (bicyclic) bond motifs is 1. The van der Waals surface area contributed by atoms with Gasteiger partial charge in [-0.3, -0.25) is 19.4 Å². The Labute approximate surface area is 201 Å². The van der Waals surface area contributed by atoms with E-state index >= 15 is 0 Å². The van der Waals surface area contributed by atoms with Crippen LogP contribution in [0.25, 0.3) is 22.2 Å². The first-order chi connectivity index (χ1) is 16.5. The summed E-state index contributed by atoms with van der Waals surface area (Å²) in [4.78, 5) is 34.2. The third kappa shape index (κ3) is 4.70. The van der Waals surface area contributed by atoms with Gasteiger partial charge in [0, 0.05) is 49.8 Å². The van der Waals surface area contributed by atoms with E-state index in [-0.39, 0.29) is 16.7 Å². The first kappa shape index (κ1) is 23.9. The molecule has 3 N–H and O–H groups in total. The summed E-state index contributed by atoms with van der Waals surface area (Å²) in [7, 11) is 5.01. The standard InChI is InChI=1S/C24H27FN8O2/c1-24(2,3)18-11-19(33(6)31-18)29-23(35)28-17-10-13(7-8-16(17)25)15-9-14-12-27-22(26-4)30-20(14)32(5)21(15)34/h7-12H,1-6H3,(H,26,27,30)(H2,28,29,35). The van der Waals surface area contributed by atoms with Crippen LogP contribution in [0.5, 0.6) is 0 Å². The van der Waals surface area contributed by atoms with Gasteiger partial charge in [-0.2, -0.15) is 10.1 Å². The van der Waals surface area contributed by atoms with Crippen LogP contribution in [0.15, 0.2) is 41.3 Å². The van der Waals surface area contributed by atoms with Crippen molar-refractivity contribution in [2.24, 2.45) is 14.1 Å². The number of pyridine rings is 1. The lowest BCUT2D eigenvalue weighted by atomic mass is 9.92. The summed E-state index contributed by atoms with van der Waals surface area (Å²) >= 11 is 0. The van der Waals surface area contributed by atoms with Gasteiger partial charge in [-0.1, -0.05) is 26.8 Å². The molecule has 3 heterocycles. The van der Waals surface area contributed by atoms with Crippen molar-refractivity contribution in [2.45, 2.75) is 26.2 Å². The zero-order valence-corrected chi connectivity index (χ0v) is 20.4. The van der Waals surface area contributed by atoms with E-state index in [2.05, 4.69) is 31.0 Å². The smallest absolute Gasteiger partial charge is 0.324 e. The highest BCUT2D eigenvalue weighted by Crippen LogP contribution is 2.26. The molecule has 4 rings (SSSR count). The Balaban J connectivity index is 1.64. The molecule has 2 amide bonds. The number of nitrogens with one attached hydrogen (secondary N) is 3. The monoisotopic (exact) mass is 478 g/mol. The largest absolute Gasteiger partial charge is 0.357 e. The van der Waals surface area contributed by atoms with Crippen LogP contribution in [0.4, 0.5) is 26.6 Å². The van der Waals surface area contributed by atoms with Crippen LogP contribution in [-0.2, 0) is 19.5 Å². The van der Waals surface area contributed by atoms with Crippen LogP contribution in [0.3, 0.4) is 0 Å². The molecule has 0 unspecified atom stereocenters. The van der Waals surface area contributed by atoms with Crippen LogP contribution >= 0.6 is 0 Å². The maximum Gasteiger partial charge on any atom is 0.324 e. The quantitative estimate of drug-likeness (QED) is 0.410. The first-order valence-electron chi connectivity index (χ1n) is 10.9. The van der Waals surface area contributed by atoms with Gasteiger partial charge in [0.1, 0.15) is 17.3 Å². The molecule has 1 aromatic carbocycles. The van der Waals surface area contributed by atoms with Crippen molar-refractivity contribution in [3.8, 4) is 11.1 Å². The lowest BCUT2D eigenvalue weighted by Crippen LogP contribution is -2.22. The van der Waals surface area contributed by atoms with Gasteiger partial charge < -0.3 is 10.6 Å². The van der Waals surface area contributed by atoms with E-state index in [1.54, 1.807) is 44.2 Å². The molecule has 3 aromatic heterocycles. The molecule has 11 heteroatoms. The highest BCUT2D eigenvalue weighted by Gasteiger charge is 2.20. The van der Waals surface area contributed by atoms with Crippen molar-refractivity contribution in [1.82, 2.24) is 24.3 Å². The molecule has 0 spiro atoms. The molecule has 182 valence electrons. The molecule has 0 bridgehead atoms. The van der Waals surface area contributed by atoms with Gasteiger partial charge in [0.15, 0.2) is 0 Å². The fourth-order valence-electron chi connectivity index (χ4n) is 3.58. The van der Waals surface area contributed by atoms with Gasteiger partial charge in [0.05, 0.1) is 11.4 Å². The summed E-state index contributed by atoms with van der Waals surface area (Å²) in [5.74, 6) is 0.222. The summed E-state index contributed by atoms with van der Waals surface area (Å²) in [5, 5.41) is 13.1. The summed E-state index contributed by atoms with van der Waals surface area (Å²) in [6, 6.07) is 6.90. The second-order valence-electron chi connectivity index (χ2n) is 9.21. The van der Waals surface area contributed by atoms with E-state index in [1.165, 1.54) is 22.8 Å². The second-order valence-corrected chi connectivity index (χ2v) is 9.21. The van der Waals surface area contributed by atoms with E-state index < -0.39 is 11.8 Å². The van der Waals surface area contributed by atoms with Crippen LogP contribution in [0.2, 0.25) is 0 Å². The van der Waals surface area contributed by atoms with E-state index in [9.17, 15) is 14.0 Å². The summed E-state index contributed by atoms with van der Waals surface area (Å²) < 4.78 is 17.5. The third-order valence-corrected chi connectivity index (χ3v) is 5.59. The number of carbonyl (C=O) groups is 1. The van der Waals surface area contributed by atoms with Crippen LogP contribution < -0.4 is 21.5 Å². The molecule has 10 nitrogen and oxygen atoms in total. The number of rotatable bonds is 4. The number of urea groups is 1. The van der Waals surface area contributed by atoms with Crippen LogP contribution in [0, 0.1) is 5.82 Å². The molecule has 0 aliphatic rings. The van der Waals surface area contributed by atoms with Crippen molar-refractivity contribution in [1.29, 1.82) is 0 Å². The van der Waals surface area contributed by atoms with Crippen LogP contribution in [-0.4, -0.2) is 37.4 Å². The zero-order valence-electron chi connectivity index (χ0n) is 20.4. The van der Waals surface area contributed by atoms with Gasteiger partial charge in [0.25, 0.3) is 5.56 Å². The topological polar surface area (TPSA) is 119 Å². The van der Waals surface area contributed by atoms with Gasteiger partial charge in [-0.25, -0.2) is 14.2 Å². The molecule has 0 fully saturated rings. The second kappa shape index (κ2) is 8.82. The van der Waals surface area contributed by atoms with E-state index in [0.29, 0.717) is 33.9 Å². The van der Waals surface area contributed by atoms with Crippen molar-refractivity contribution in [3.05, 3.63) is 58.4 Å². The minimum atomic E-state index is -0.635. The Hall–Kier alpha value is -4.28. The molecular formula is C24H27FN8O2. The average molecular weight is 479 g/mol. The number of halogens is 1. The van der Waals surface area contributed by atoms with Crippen molar-refractivity contribution in [2.75, 3.05) is 23.0 Å². The molecular weight excluding hydrogens is 451 g/mol. The van der Waals surface area contributed by atoms with Crippen LogP contribution in [0.1, 0.15) is 26.5 Å². The summed E-state index contributed by atoms with van der Waals surface area (Å²) in [6.45, 7) is 6.05. The molecule has 0 radical (unpaired) electrons. The van der Waals surface area contributed by atoms with Gasteiger partial charge >= 0.3 is 6.03 Å². The molecule has 4 aromatic rings. The highest BCUT2D eigenvalue weighted by molar-refractivity contribution is 5.99. The van der Waals surface area contributed by atoms with Crippen molar-refractivity contribution in [3.63, 3.8) is 0 Å². The number of anilines is 3. The normalized spacial score (nSPS) is 11.5. The summed E-state index contributed by atoms with van der Waals surface area (Å²) in [5.41, 5.74) is 1.46. The zero-order chi connectivity index (χ0) is 25.5. The molecule has 0 aliphatic carbocycles. The molecule has 0 saturated carbocycles. The first-order valence-corrected chi connectivity index (χ1v) is 10.9. The van der Waals surface area contributed by atoms with E-state index in [0.717, 1.165) is 5.69 Å². The number of aryl methyl sites for hydroxylation is 2. The Kier molecular flexibility index (Phi) is 6.01. The number of aromatic nitrogens is 5. The fourth-order valence-corrected chi connectivity index (χ4v) is 3.58. The molecule has 0 aliphatic heterocycles. The van der Waals surface area contributed by atoms with E-state index in [4.69, 9.17) is 0 Å². The average Bonchev–Trinajstić information content (AvgIpc) is 3.18. The predicted molar refractivity (Wildman–Crippen MR) is 134 cm³/mol. The van der Waals surface area contributed by atoms with Gasteiger partial charge in [-0.15, -0.1) is 0 Å². The van der Waals surface area contributed by atoms with Gasteiger partial charge in [-0.05, 0) is 23.8 Å². The Bertz CT molecular complexity index is 1500. The van der Waals surface area contributed by atoms with E-state index in [1.807, 2.05) is 20.8 Å². The Morgan fingerprint density at radius 2 is 1.83 bits per heavy atom. The van der Waals surface area contributed by atoms with Gasteiger partial charge in [0.2, 0.25) is 5.95 Å². The minimum Gasteiger partial charge on any atom is -0.357 e. The number of nitrogens with zero attached hydrogens (tertiary/aromatic N) is 5. The SMILES string of the molecule is CNc1ncc2cc(-c3ccc(F)c(NC(=O)Nc4cc(C(C)(C)C)nn4C)c3)c(=O)n(C)c2n1. The number of amides is 2. The molecule has 0 saturated heterocycles. The maximum absolute atomic E-state index is 14.6. The predicted octanol–water partition coefficient (Wildman–Crippen LogP) is 3.85. The summed E-state index contributed by atoms with van der Waals surface area (Å²) in [6.07, 6.45) is 1.60. The Morgan fingerprint density at radius 3 is 2.49 bits per heavy atom. The minimum absolute atomic E-state index is 0.0675. The third-order valence-electron chi connectivity index (χ3n) is 5.59. The maximum atomic E-state index is 14.6. The highest BCUT2D eigenvalue weighted by atomic mass is 19.1. The Morgan fingerprint density at radius 1 is 1.09 bits per heavy atom. The molecule has 0 atom stereocenters. The van der Waals surface area contributed by atoms with Crippen molar-refractivity contribution < 1.29 is 9.18 Å². The molecule has 35 heavy (non-hydrogen) atoms. The lowest BCUT2D eigenvalue weighted by molar-refractivity contribution is 0.262. The lowest BCUT2D eigenvalue weighted by Gasteiger charge is -2.13. The fraction of sp³-hybridized carbons (Fsp3) is 0.292. The number of hydrogen-bond acceptors (Lipinski definition) is 6. The number of benzene rings is 1. The number of hydrogen-bond donors (Lipinski definition) is 3.